The molecule has 16 heavy (non-hydrogen) atoms. The zero-order chi connectivity index (χ0) is 11.3. The van der Waals surface area contributed by atoms with E-state index in [1.165, 1.54) is 0 Å². The van der Waals surface area contributed by atoms with Crippen LogP contribution in [0.1, 0.15) is 18.4 Å². The lowest BCUT2D eigenvalue weighted by molar-refractivity contribution is 0.278. The van der Waals surface area contributed by atoms with Crippen LogP contribution >= 0.6 is 0 Å². The van der Waals surface area contributed by atoms with Crippen LogP contribution in [0.5, 0.6) is 0 Å². The quantitative estimate of drug-likeness (QED) is 0.754. The SMILES string of the molecule is Cc1ccc(S(=O)(=O)N2O[C@H]2C2CC2)cc1. The van der Waals surface area contributed by atoms with Crippen molar-refractivity contribution in [2.45, 2.75) is 30.9 Å². The highest BCUT2D eigenvalue weighted by Gasteiger charge is 2.55. The van der Waals surface area contributed by atoms with Crippen LogP contribution in [0.15, 0.2) is 29.2 Å². The molecule has 1 aliphatic heterocycles. The van der Waals surface area contributed by atoms with Gasteiger partial charge >= 0.3 is 0 Å². The second-order valence-electron chi connectivity index (χ2n) is 4.41. The predicted molar refractivity (Wildman–Crippen MR) is 57.8 cm³/mol. The molecule has 5 heteroatoms. The van der Waals surface area contributed by atoms with Gasteiger partial charge in [-0.3, -0.25) is 4.84 Å². The highest BCUT2D eigenvalue weighted by molar-refractivity contribution is 7.89. The average molecular weight is 239 g/mol. The first-order valence-corrected chi connectivity index (χ1v) is 6.81. The van der Waals surface area contributed by atoms with E-state index >= 15 is 0 Å². The molecule has 1 unspecified atom stereocenters. The highest BCUT2D eigenvalue weighted by Crippen LogP contribution is 2.45. The second-order valence-corrected chi connectivity index (χ2v) is 6.19. The van der Waals surface area contributed by atoms with E-state index in [-0.39, 0.29) is 6.23 Å². The number of hydrogen-bond donors (Lipinski definition) is 0. The third-order valence-electron chi connectivity index (χ3n) is 2.96. The topological polar surface area (TPSA) is 49.7 Å². The number of nitrogens with zero attached hydrogens (tertiary/aromatic N) is 1. The molecule has 2 aliphatic rings. The standard InChI is InChI=1S/C11H13NO3S/c1-8-2-6-10(7-3-8)16(13,14)12-11(15-12)9-4-5-9/h2-3,6-7,9,11H,4-5H2,1H3/t11-,12?/m0/s1. The van der Waals surface area contributed by atoms with Gasteiger partial charge in [-0.15, -0.1) is 0 Å². The Bertz CT molecular complexity index is 505. The predicted octanol–water partition coefficient (Wildman–Crippen LogP) is 1.67. The van der Waals surface area contributed by atoms with Crippen molar-refractivity contribution in [3.63, 3.8) is 0 Å². The number of hydroxylamine groups is 1. The molecule has 4 nitrogen and oxygen atoms in total. The van der Waals surface area contributed by atoms with Gasteiger partial charge in [0.2, 0.25) is 0 Å². The van der Waals surface area contributed by atoms with E-state index in [2.05, 4.69) is 0 Å². The Morgan fingerprint density at radius 2 is 1.88 bits per heavy atom. The van der Waals surface area contributed by atoms with Crippen LogP contribution in [-0.2, 0) is 14.9 Å². The second kappa shape index (κ2) is 3.29. The first-order valence-electron chi connectivity index (χ1n) is 5.37. The smallest absolute Gasteiger partial charge is 0.258 e. The molecular weight excluding hydrogens is 226 g/mol. The molecule has 1 heterocycles. The summed E-state index contributed by atoms with van der Waals surface area (Å²) in [6.45, 7) is 1.93. The first-order chi connectivity index (χ1) is 7.59. The Morgan fingerprint density at radius 1 is 1.25 bits per heavy atom. The number of benzene rings is 1. The van der Waals surface area contributed by atoms with E-state index in [0.717, 1.165) is 22.9 Å². The monoisotopic (exact) mass is 239 g/mol. The molecule has 0 radical (unpaired) electrons. The maximum Gasteiger partial charge on any atom is 0.267 e. The van der Waals surface area contributed by atoms with Gasteiger partial charge in [0.25, 0.3) is 10.0 Å². The van der Waals surface area contributed by atoms with Crippen molar-refractivity contribution in [3.05, 3.63) is 29.8 Å². The summed E-state index contributed by atoms with van der Waals surface area (Å²) in [6.07, 6.45) is 1.95. The molecule has 0 bridgehead atoms. The van der Waals surface area contributed by atoms with Crippen molar-refractivity contribution in [1.29, 1.82) is 0 Å². The van der Waals surface area contributed by atoms with Crippen molar-refractivity contribution in [2.75, 3.05) is 0 Å². The van der Waals surface area contributed by atoms with Gasteiger partial charge in [-0.25, -0.2) is 8.42 Å². The minimum Gasteiger partial charge on any atom is -0.258 e. The number of aryl methyl sites for hydroxylation is 1. The van der Waals surface area contributed by atoms with Gasteiger partial charge in [0, 0.05) is 5.92 Å². The molecule has 0 spiro atoms. The molecule has 2 atom stereocenters. The first kappa shape index (κ1) is 10.3. The van der Waals surface area contributed by atoms with Crippen LogP contribution < -0.4 is 0 Å². The third kappa shape index (κ3) is 1.65. The highest BCUT2D eigenvalue weighted by atomic mass is 32.2. The molecule has 0 aromatic heterocycles. The summed E-state index contributed by atoms with van der Waals surface area (Å²) in [5.41, 5.74) is 1.05. The van der Waals surface area contributed by atoms with Crippen LogP contribution in [0.25, 0.3) is 0 Å². The van der Waals surface area contributed by atoms with Crippen LogP contribution in [0, 0.1) is 12.8 Å². The van der Waals surface area contributed by atoms with E-state index in [4.69, 9.17) is 4.84 Å². The molecule has 2 fully saturated rings. The van der Waals surface area contributed by atoms with Crippen molar-refractivity contribution >= 4 is 10.0 Å². The summed E-state index contributed by atoms with van der Waals surface area (Å²) in [7, 11) is -3.43. The zero-order valence-corrected chi connectivity index (χ0v) is 9.78. The van der Waals surface area contributed by atoms with E-state index in [0.29, 0.717) is 10.8 Å². The van der Waals surface area contributed by atoms with E-state index < -0.39 is 10.0 Å². The summed E-state index contributed by atoms with van der Waals surface area (Å²) in [4.78, 5) is 5.44. The molecule has 1 saturated carbocycles. The van der Waals surface area contributed by atoms with Crippen molar-refractivity contribution in [1.82, 2.24) is 4.47 Å². The largest absolute Gasteiger partial charge is 0.267 e. The Morgan fingerprint density at radius 3 is 2.44 bits per heavy atom. The van der Waals surface area contributed by atoms with E-state index in [1.54, 1.807) is 24.3 Å². The maximum absolute atomic E-state index is 12.0. The molecule has 1 saturated heterocycles. The van der Waals surface area contributed by atoms with Gasteiger partial charge in [0.05, 0.1) is 4.90 Å². The van der Waals surface area contributed by atoms with Gasteiger partial charge < -0.3 is 0 Å². The van der Waals surface area contributed by atoms with Crippen LogP contribution in [0.4, 0.5) is 0 Å². The molecule has 1 aliphatic carbocycles. The van der Waals surface area contributed by atoms with Crippen LogP contribution in [0.2, 0.25) is 0 Å². The lowest BCUT2D eigenvalue weighted by Crippen LogP contribution is -2.15. The molecule has 3 rings (SSSR count). The molecular formula is C11H13NO3S. The van der Waals surface area contributed by atoms with Crippen molar-refractivity contribution in [2.24, 2.45) is 5.92 Å². The lowest BCUT2D eigenvalue weighted by atomic mass is 10.2. The molecule has 0 N–H and O–H groups in total. The fourth-order valence-electron chi connectivity index (χ4n) is 1.73. The lowest BCUT2D eigenvalue weighted by Gasteiger charge is -2.02. The van der Waals surface area contributed by atoms with E-state index in [9.17, 15) is 8.42 Å². The van der Waals surface area contributed by atoms with Crippen molar-refractivity contribution in [3.8, 4) is 0 Å². The van der Waals surface area contributed by atoms with Gasteiger partial charge in [0.1, 0.15) is 0 Å². The molecule has 1 aromatic rings. The molecule has 86 valence electrons. The average Bonchev–Trinajstić information content (AvgIpc) is 3.10. The fourth-order valence-corrected chi connectivity index (χ4v) is 3.06. The number of hydrogen-bond acceptors (Lipinski definition) is 3. The zero-order valence-electron chi connectivity index (χ0n) is 8.96. The third-order valence-corrected chi connectivity index (χ3v) is 4.59. The summed E-state index contributed by atoms with van der Waals surface area (Å²) in [6, 6.07) is 6.83. The maximum atomic E-state index is 12.0. The molecule has 0 amide bonds. The number of rotatable bonds is 3. The Hall–Kier alpha value is -0.910. The van der Waals surface area contributed by atoms with Gasteiger partial charge in [-0.2, -0.15) is 0 Å². The minimum absolute atomic E-state index is 0.202. The number of sulfonamides is 1. The summed E-state index contributed by atoms with van der Waals surface area (Å²) in [5.74, 6) is 0.417. The van der Waals surface area contributed by atoms with Gasteiger partial charge in [-0.1, -0.05) is 17.7 Å². The Balaban J connectivity index is 1.85. The fraction of sp³-hybridized carbons (Fsp3) is 0.455. The summed E-state index contributed by atoms with van der Waals surface area (Å²) < 4.78 is 25.2. The van der Waals surface area contributed by atoms with Gasteiger partial charge in [-0.05, 0) is 36.4 Å². The van der Waals surface area contributed by atoms with E-state index in [1.807, 2.05) is 6.92 Å². The minimum atomic E-state index is -3.43. The Labute approximate surface area is 94.8 Å². The van der Waals surface area contributed by atoms with Crippen LogP contribution in [0.3, 0.4) is 0 Å². The summed E-state index contributed by atoms with van der Waals surface area (Å²) in [5, 5.41) is 0. The van der Waals surface area contributed by atoms with Gasteiger partial charge in [0.15, 0.2) is 6.23 Å². The normalized spacial score (nSPS) is 29.1. The summed E-state index contributed by atoms with van der Waals surface area (Å²) >= 11 is 0. The van der Waals surface area contributed by atoms with Crippen LogP contribution in [-0.4, -0.2) is 19.1 Å². The van der Waals surface area contributed by atoms with Crippen molar-refractivity contribution < 1.29 is 13.3 Å². The Kier molecular flexibility index (Phi) is 2.11. The molecule has 1 aromatic carbocycles.